The third-order valence-electron chi connectivity index (χ3n) is 4.06. The monoisotopic (exact) mass is 428 g/mol. The first-order chi connectivity index (χ1) is 12.7. The summed E-state index contributed by atoms with van der Waals surface area (Å²) < 4.78 is 27.3. The van der Waals surface area contributed by atoms with Crippen LogP contribution >= 0.6 is 23.2 Å². The van der Waals surface area contributed by atoms with Crippen molar-refractivity contribution in [2.24, 2.45) is 0 Å². The molecule has 1 amide bonds. The number of nitrogens with zero attached hydrogens (tertiary/aromatic N) is 1. The minimum atomic E-state index is -3.86. The summed E-state index contributed by atoms with van der Waals surface area (Å²) in [4.78, 5) is 12.5. The molecule has 1 unspecified atom stereocenters. The average Bonchev–Trinajstić information content (AvgIpc) is 2.64. The van der Waals surface area contributed by atoms with Gasteiger partial charge in [0, 0.05) is 12.6 Å². The number of hydrogen-bond donors (Lipinski definition) is 1. The molecule has 2 aromatic rings. The van der Waals surface area contributed by atoms with Crippen molar-refractivity contribution in [2.75, 3.05) is 6.54 Å². The Balaban J connectivity index is 2.32. The van der Waals surface area contributed by atoms with Crippen molar-refractivity contribution in [1.29, 1.82) is 0 Å². The van der Waals surface area contributed by atoms with Crippen molar-refractivity contribution < 1.29 is 13.2 Å². The summed E-state index contributed by atoms with van der Waals surface area (Å²) in [5.41, 5.74) is 0.639. The Morgan fingerprint density at radius 2 is 1.78 bits per heavy atom. The van der Waals surface area contributed by atoms with Gasteiger partial charge < -0.3 is 5.32 Å². The van der Waals surface area contributed by atoms with Crippen LogP contribution in [-0.4, -0.2) is 31.2 Å². The molecule has 0 radical (unpaired) electrons. The fourth-order valence-electron chi connectivity index (χ4n) is 2.39. The van der Waals surface area contributed by atoms with Crippen LogP contribution in [0.1, 0.15) is 25.8 Å². The van der Waals surface area contributed by atoms with E-state index in [9.17, 15) is 13.2 Å². The van der Waals surface area contributed by atoms with Crippen LogP contribution in [-0.2, 0) is 21.4 Å². The van der Waals surface area contributed by atoms with Crippen LogP contribution in [0.25, 0.3) is 0 Å². The Labute approximate surface area is 170 Å². The maximum absolute atomic E-state index is 13.1. The smallest absolute Gasteiger partial charge is 0.243 e. The Morgan fingerprint density at radius 3 is 2.37 bits per heavy atom. The molecule has 0 aliphatic carbocycles. The van der Waals surface area contributed by atoms with Gasteiger partial charge in [-0.05, 0) is 43.2 Å². The first-order valence-electron chi connectivity index (χ1n) is 8.52. The molecular formula is C19H22Cl2N2O3S. The Hall–Kier alpha value is -1.60. The Kier molecular flexibility index (Phi) is 7.68. The van der Waals surface area contributed by atoms with Crippen molar-refractivity contribution in [1.82, 2.24) is 9.62 Å². The highest BCUT2D eigenvalue weighted by atomic mass is 35.5. The van der Waals surface area contributed by atoms with E-state index >= 15 is 0 Å². The van der Waals surface area contributed by atoms with Crippen LogP contribution in [0.15, 0.2) is 53.4 Å². The molecule has 0 bridgehead atoms. The van der Waals surface area contributed by atoms with E-state index in [1.807, 2.05) is 13.8 Å². The zero-order valence-corrected chi connectivity index (χ0v) is 17.5. The summed E-state index contributed by atoms with van der Waals surface area (Å²) in [5, 5.41) is 3.51. The minimum Gasteiger partial charge on any atom is -0.353 e. The topological polar surface area (TPSA) is 66.5 Å². The fraction of sp³-hybridized carbons (Fsp3) is 0.316. The zero-order chi connectivity index (χ0) is 20.0. The first-order valence-corrected chi connectivity index (χ1v) is 10.7. The summed E-state index contributed by atoms with van der Waals surface area (Å²) in [6, 6.07) is 12.9. The van der Waals surface area contributed by atoms with E-state index in [0.717, 1.165) is 10.7 Å². The van der Waals surface area contributed by atoms with Crippen LogP contribution < -0.4 is 5.32 Å². The second kappa shape index (κ2) is 9.55. The number of carbonyl (C=O) groups excluding carboxylic acids is 1. The van der Waals surface area contributed by atoms with Crippen molar-refractivity contribution >= 4 is 39.1 Å². The molecule has 2 aromatic carbocycles. The molecule has 27 heavy (non-hydrogen) atoms. The van der Waals surface area contributed by atoms with Crippen LogP contribution in [0, 0.1) is 0 Å². The van der Waals surface area contributed by atoms with E-state index in [-0.39, 0.29) is 29.9 Å². The highest BCUT2D eigenvalue weighted by molar-refractivity contribution is 7.89. The highest BCUT2D eigenvalue weighted by Gasteiger charge is 2.27. The molecule has 1 N–H and O–H groups in total. The maximum atomic E-state index is 13.1. The Bertz CT molecular complexity index is 889. The van der Waals surface area contributed by atoms with Gasteiger partial charge in [0.2, 0.25) is 15.9 Å². The van der Waals surface area contributed by atoms with E-state index in [0.29, 0.717) is 15.6 Å². The lowest BCUT2D eigenvalue weighted by molar-refractivity contribution is -0.122. The van der Waals surface area contributed by atoms with Crippen LogP contribution in [0.5, 0.6) is 0 Å². The molecule has 0 aliphatic heterocycles. The molecule has 0 saturated carbocycles. The Morgan fingerprint density at radius 1 is 1.11 bits per heavy atom. The average molecular weight is 429 g/mol. The van der Waals surface area contributed by atoms with Gasteiger partial charge in [0.15, 0.2) is 0 Å². The number of rotatable bonds is 8. The summed E-state index contributed by atoms with van der Waals surface area (Å²) in [5.74, 6) is -0.357. The van der Waals surface area contributed by atoms with Gasteiger partial charge in [-0.25, -0.2) is 8.42 Å². The minimum absolute atomic E-state index is 0.00203. The third-order valence-corrected chi connectivity index (χ3v) is 6.61. The number of halogens is 2. The summed E-state index contributed by atoms with van der Waals surface area (Å²) in [7, 11) is -3.86. The summed E-state index contributed by atoms with van der Waals surface area (Å²) >= 11 is 12.0. The van der Waals surface area contributed by atoms with Crippen molar-refractivity contribution in [3.63, 3.8) is 0 Å². The molecule has 0 aliphatic rings. The van der Waals surface area contributed by atoms with Gasteiger partial charge in [0.1, 0.15) is 0 Å². The van der Waals surface area contributed by atoms with Gasteiger partial charge in [-0.2, -0.15) is 4.31 Å². The highest BCUT2D eigenvalue weighted by Crippen LogP contribution is 2.25. The van der Waals surface area contributed by atoms with Crippen LogP contribution in [0.2, 0.25) is 10.0 Å². The number of hydrogen-bond acceptors (Lipinski definition) is 3. The lowest BCUT2D eigenvalue weighted by atomic mass is 10.2. The quantitative estimate of drug-likeness (QED) is 0.687. The van der Waals surface area contributed by atoms with E-state index in [4.69, 9.17) is 23.2 Å². The number of sulfonamides is 1. The van der Waals surface area contributed by atoms with E-state index < -0.39 is 10.0 Å². The normalized spacial score (nSPS) is 12.8. The molecule has 5 nitrogen and oxygen atoms in total. The molecule has 0 saturated heterocycles. The van der Waals surface area contributed by atoms with Gasteiger partial charge in [-0.1, -0.05) is 54.4 Å². The molecule has 0 heterocycles. The number of amides is 1. The molecule has 0 spiro atoms. The van der Waals surface area contributed by atoms with E-state index in [2.05, 4.69) is 5.32 Å². The fourth-order valence-corrected chi connectivity index (χ4v) is 4.12. The molecule has 0 fully saturated rings. The van der Waals surface area contributed by atoms with Crippen LogP contribution in [0.4, 0.5) is 0 Å². The molecule has 2 rings (SSSR count). The number of benzene rings is 2. The maximum Gasteiger partial charge on any atom is 0.243 e. The largest absolute Gasteiger partial charge is 0.353 e. The van der Waals surface area contributed by atoms with Crippen molar-refractivity contribution in [3.8, 4) is 0 Å². The van der Waals surface area contributed by atoms with Crippen LogP contribution in [0.3, 0.4) is 0 Å². The number of nitrogens with one attached hydrogen (secondary N) is 1. The molecule has 146 valence electrons. The van der Waals surface area contributed by atoms with E-state index in [1.54, 1.807) is 36.4 Å². The lowest BCUT2D eigenvalue weighted by Gasteiger charge is -2.23. The van der Waals surface area contributed by atoms with Gasteiger partial charge in [0.25, 0.3) is 0 Å². The van der Waals surface area contributed by atoms with Gasteiger partial charge >= 0.3 is 0 Å². The molecule has 8 heteroatoms. The van der Waals surface area contributed by atoms with Crippen molar-refractivity contribution in [3.05, 3.63) is 64.1 Å². The van der Waals surface area contributed by atoms with Crippen molar-refractivity contribution in [2.45, 2.75) is 37.8 Å². The standard InChI is InChI=1S/C19H22Cl2N2O3S/c1-3-14(2)22-19(24)13-23(12-15-9-10-17(20)18(21)11-15)27(25,26)16-7-5-4-6-8-16/h4-11,14H,3,12-13H2,1-2H3,(H,22,24). The van der Waals surface area contributed by atoms with E-state index in [1.165, 1.54) is 12.1 Å². The van der Waals surface area contributed by atoms with Gasteiger partial charge in [-0.15, -0.1) is 0 Å². The number of carbonyl (C=O) groups is 1. The molecular weight excluding hydrogens is 407 g/mol. The van der Waals surface area contributed by atoms with Gasteiger partial charge in [0.05, 0.1) is 21.5 Å². The predicted molar refractivity (Wildman–Crippen MR) is 108 cm³/mol. The third kappa shape index (κ3) is 5.94. The second-order valence-electron chi connectivity index (χ2n) is 6.21. The SMILES string of the molecule is CCC(C)NC(=O)CN(Cc1ccc(Cl)c(Cl)c1)S(=O)(=O)c1ccccc1. The van der Waals surface area contributed by atoms with Gasteiger partial charge in [-0.3, -0.25) is 4.79 Å². The summed E-state index contributed by atoms with van der Waals surface area (Å²) in [6.45, 7) is 3.52. The lowest BCUT2D eigenvalue weighted by Crippen LogP contribution is -2.43. The first kappa shape index (κ1) is 21.7. The molecule has 0 aromatic heterocycles. The summed E-state index contributed by atoms with van der Waals surface area (Å²) in [6.07, 6.45) is 0.754. The zero-order valence-electron chi connectivity index (χ0n) is 15.2. The predicted octanol–water partition coefficient (Wildman–Crippen LogP) is 4.10. The molecule has 1 atom stereocenters. The second-order valence-corrected chi connectivity index (χ2v) is 8.96.